The van der Waals surface area contributed by atoms with E-state index >= 15 is 0 Å². The Balaban J connectivity index is 2.11. The molecule has 0 fully saturated rings. The third kappa shape index (κ3) is 4.33. The van der Waals surface area contributed by atoms with E-state index in [1.165, 1.54) is 0 Å². The lowest BCUT2D eigenvalue weighted by Crippen LogP contribution is -2.29. The summed E-state index contributed by atoms with van der Waals surface area (Å²) < 4.78 is 0.932. The summed E-state index contributed by atoms with van der Waals surface area (Å²) in [7, 11) is 0. The van der Waals surface area contributed by atoms with Crippen LogP contribution in [0.15, 0.2) is 34.8 Å². The van der Waals surface area contributed by atoms with Crippen molar-refractivity contribution in [3.8, 4) is 0 Å². The SMILES string of the molecule is Cc1cc(C)c(NC(=O)C(=O)Nc2ccc(Br)c(C)c2)c(Cl)c1. The second-order valence-electron chi connectivity index (χ2n) is 5.31. The van der Waals surface area contributed by atoms with E-state index in [-0.39, 0.29) is 0 Å². The van der Waals surface area contributed by atoms with Crippen LogP contribution in [0.3, 0.4) is 0 Å². The second kappa shape index (κ2) is 7.15. The molecule has 0 bridgehead atoms. The van der Waals surface area contributed by atoms with Crippen molar-refractivity contribution in [2.24, 2.45) is 0 Å². The molecule has 0 saturated carbocycles. The van der Waals surface area contributed by atoms with Gasteiger partial charge in [0.15, 0.2) is 0 Å². The molecule has 0 aliphatic carbocycles. The minimum Gasteiger partial charge on any atom is -0.318 e. The summed E-state index contributed by atoms with van der Waals surface area (Å²) in [4.78, 5) is 24.1. The average Bonchev–Trinajstić information content (AvgIpc) is 2.46. The Labute approximate surface area is 148 Å². The molecule has 6 heteroatoms. The van der Waals surface area contributed by atoms with Crippen molar-refractivity contribution in [2.45, 2.75) is 20.8 Å². The second-order valence-corrected chi connectivity index (χ2v) is 6.57. The normalized spacial score (nSPS) is 10.3. The number of nitrogens with one attached hydrogen (secondary N) is 2. The van der Waals surface area contributed by atoms with Crippen molar-refractivity contribution in [1.82, 2.24) is 0 Å². The first-order chi connectivity index (χ1) is 10.8. The maximum atomic E-state index is 12.1. The highest BCUT2D eigenvalue weighted by molar-refractivity contribution is 9.10. The fraction of sp³-hybridized carbons (Fsp3) is 0.176. The zero-order valence-corrected chi connectivity index (χ0v) is 15.3. The summed E-state index contributed by atoms with van der Waals surface area (Å²) in [6.07, 6.45) is 0. The van der Waals surface area contributed by atoms with E-state index in [1.54, 1.807) is 18.2 Å². The van der Waals surface area contributed by atoms with Crippen molar-refractivity contribution in [3.63, 3.8) is 0 Å². The Morgan fingerprint density at radius 2 is 1.61 bits per heavy atom. The molecule has 0 saturated heterocycles. The van der Waals surface area contributed by atoms with Crippen molar-refractivity contribution in [3.05, 3.63) is 56.5 Å². The van der Waals surface area contributed by atoms with Gasteiger partial charge in [-0.15, -0.1) is 0 Å². The van der Waals surface area contributed by atoms with Crippen LogP contribution < -0.4 is 10.6 Å². The molecular formula is C17H16BrClN2O2. The monoisotopic (exact) mass is 394 g/mol. The fourth-order valence-corrected chi connectivity index (χ4v) is 2.77. The van der Waals surface area contributed by atoms with E-state index in [0.29, 0.717) is 16.4 Å². The van der Waals surface area contributed by atoms with Crippen LogP contribution in [-0.2, 0) is 9.59 Å². The molecular weight excluding hydrogens is 380 g/mol. The summed E-state index contributed by atoms with van der Waals surface area (Å²) in [5.74, 6) is -1.51. The Bertz CT molecular complexity index is 767. The van der Waals surface area contributed by atoms with E-state index in [2.05, 4.69) is 26.6 Å². The zero-order valence-electron chi connectivity index (χ0n) is 13.0. The molecule has 2 rings (SSSR count). The lowest BCUT2D eigenvalue weighted by Gasteiger charge is -2.12. The molecule has 4 nitrogen and oxygen atoms in total. The highest BCUT2D eigenvalue weighted by Gasteiger charge is 2.17. The van der Waals surface area contributed by atoms with E-state index in [4.69, 9.17) is 11.6 Å². The fourth-order valence-electron chi connectivity index (χ4n) is 2.15. The van der Waals surface area contributed by atoms with Crippen LogP contribution in [0.1, 0.15) is 16.7 Å². The summed E-state index contributed by atoms with van der Waals surface area (Å²) >= 11 is 9.51. The number of carbonyl (C=O) groups excluding carboxylic acids is 2. The smallest absolute Gasteiger partial charge is 0.314 e. The van der Waals surface area contributed by atoms with Crippen molar-refractivity contribution in [1.29, 1.82) is 0 Å². The van der Waals surface area contributed by atoms with Gasteiger partial charge in [0.05, 0.1) is 10.7 Å². The number of halogens is 2. The highest BCUT2D eigenvalue weighted by Crippen LogP contribution is 2.27. The first kappa shape index (κ1) is 17.5. The third-order valence-corrected chi connectivity index (χ3v) is 4.48. The van der Waals surface area contributed by atoms with Gasteiger partial charge >= 0.3 is 11.8 Å². The highest BCUT2D eigenvalue weighted by atomic mass is 79.9. The van der Waals surface area contributed by atoms with Crippen LogP contribution >= 0.6 is 27.5 Å². The molecule has 2 N–H and O–H groups in total. The predicted octanol–water partition coefficient (Wildman–Crippen LogP) is 4.60. The van der Waals surface area contributed by atoms with Gasteiger partial charge < -0.3 is 10.6 Å². The first-order valence-electron chi connectivity index (χ1n) is 6.93. The third-order valence-electron chi connectivity index (χ3n) is 3.29. The quantitative estimate of drug-likeness (QED) is 0.730. The molecule has 2 aromatic rings. The van der Waals surface area contributed by atoms with Crippen molar-refractivity contribution in [2.75, 3.05) is 10.6 Å². The van der Waals surface area contributed by atoms with Crippen LogP contribution in [-0.4, -0.2) is 11.8 Å². The number of hydrogen-bond acceptors (Lipinski definition) is 2. The van der Waals surface area contributed by atoms with E-state index < -0.39 is 11.8 Å². The molecule has 23 heavy (non-hydrogen) atoms. The number of rotatable bonds is 2. The summed E-state index contributed by atoms with van der Waals surface area (Å²) in [5.41, 5.74) is 3.75. The Hall–Kier alpha value is -1.85. The topological polar surface area (TPSA) is 58.2 Å². The van der Waals surface area contributed by atoms with Crippen LogP contribution in [0.2, 0.25) is 5.02 Å². The standard InChI is InChI=1S/C17H16BrClN2O2/c1-9-6-11(3)15(14(19)7-9)21-17(23)16(22)20-12-4-5-13(18)10(2)8-12/h4-8H,1-3H3,(H,20,22)(H,21,23). The molecule has 0 heterocycles. The lowest BCUT2D eigenvalue weighted by molar-refractivity contribution is -0.133. The number of anilines is 2. The number of carbonyl (C=O) groups is 2. The predicted molar refractivity (Wildman–Crippen MR) is 97.1 cm³/mol. The van der Waals surface area contributed by atoms with Gasteiger partial charge in [0.1, 0.15) is 0 Å². The van der Waals surface area contributed by atoms with E-state index in [9.17, 15) is 9.59 Å². The minimum absolute atomic E-state index is 0.406. The average molecular weight is 396 g/mol. The largest absolute Gasteiger partial charge is 0.318 e. The number of amides is 2. The van der Waals surface area contributed by atoms with Crippen LogP contribution in [0.5, 0.6) is 0 Å². The minimum atomic E-state index is -0.764. The molecule has 0 unspecified atom stereocenters. The maximum Gasteiger partial charge on any atom is 0.314 e. The molecule has 0 aliphatic rings. The Morgan fingerprint density at radius 3 is 2.22 bits per heavy atom. The van der Waals surface area contributed by atoms with E-state index in [0.717, 1.165) is 21.2 Å². The molecule has 2 amide bonds. The molecule has 0 radical (unpaired) electrons. The summed E-state index contributed by atoms with van der Waals surface area (Å²) in [6.45, 7) is 5.63. The summed E-state index contributed by atoms with van der Waals surface area (Å²) in [6, 6.07) is 8.92. The van der Waals surface area contributed by atoms with Crippen molar-refractivity contribution < 1.29 is 9.59 Å². The zero-order chi connectivity index (χ0) is 17.1. The van der Waals surface area contributed by atoms with Crippen LogP contribution in [0.4, 0.5) is 11.4 Å². The van der Waals surface area contributed by atoms with Crippen molar-refractivity contribution >= 4 is 50.7 Å². The van der Waals surface area contributed by atoms with Gasteiger partial charge in [-0.05, 0) is 61.7 Å². The van der Waals surface area contributed by atoms with Crippen LogP contribution in [0, 0.1) is 20.8 Å². The van der Waals surface area contributed by atoms with Gasteiger partial charge in [-0.1, -0.05) is 33.6 Å². The lowest BCUT2D eigenvalue weighted by atomic mass is 10.1. The number of aryl methyl sites for hydroxylation is 3. The molecule has 0 aliphatic heterocycles. The molecule has 0 aromatic heterocycles. The molecule has 120 valence electrons. The molecule has 2 aromatic carbocycles. The van der Waals surface area contributed by atoms with Gasteiger partial charge in [-0.3, -0.25) is 9.59 Å². The van der Waals surface area contributed by atoms with Gasteiger partial charge in [0.2, 0.25) is 0 Å². The summed E-state index contributed by atoms with van der Waals surface area (Å²) in [5, 5.41) is 5.53. The molecule has 0 spiro atoms. The first-order valence-corrected chi connectivity index (χ1v) is 8.10. The van der Waals surface area contributed by atoms with E-state index in [1.807, 2.05) is 32.9 Å². The molecule has 0 atom stereocenters. The van der Waals surface area contributed by atoms with Gasteiger partial charge in [0, 0.05) is 10.2 Å². The van der Waals surface area contributed by atoms with Gasteiger partial charge in [0.25, 0.3) is 0 Å². The Morgan fingerprint density at radius 1 is 0.957 bits per heavy atom. The number of benzene rings is 2. The Kier molecular flexibility index (Phi) is 5.44. The van der Waals surface area contributed by atoms with Gasteiger partial charge in [-0.2, -0.15) is 0 Å². The van der Waals surface area contributed by atoms with Crippen LogP contribution in [0.25, 0.3) is 0 Å². The van der Waals surface area contributed by atoms with Gasteiger partial charge in [-0.25, -0.2) is 0 Å². The number of hydrogen-bond donors (Lipinski definition) is 2. The maximum absolute atomic E-state index is 12.1.